The van der Waals surface area contributed by atoms with E-state index >= 15 is 0 Å². The summed E-state index contributed by atoms with van der Waals surface area (Å²) in [5.74, 6) is 0.693. The van der Waals surface area contributed by atoms with Crippen molar-refractivity contribution in [2.75, 3.05) is 33.4 Å². The van der Waals surface area contributed by atoms with Crippen molar-refractivity contribution < 1.29 is 14.3 Å². The minimum absolute atomic E-state index is 0.0736. The van der Waals surface area contributed by atoms with E-state index in [4.69, 9.17) is 26.2 Å². The van der Waals surface area contributed by atoms with Crippen molar-refractivity contribution in [3.05, 3.63) is 65.3 Å². The largest absolute Gasteiger partial charge is 0.497 e. The van der Waals surface area contributed by atoms with Crippen LogP contribution in [0.3, 0.4) is 0 Å². The molecule has 0 bridgehead atoms. The number of aromatic nitrogens is 2. The van der Waals surface area contributed by atoms with Crippen LogP contribution in [0.4, 0.5) is 0 Å². The number of benzene rings is 2. The number of ether oxygens (including phenoxy) is 2. The van der Waals surface area contributed by atoms with Crippen LogP contribution in [0.1, 0.15) is 10.5 Å². The van der Waals surface area contributed by atoms with Crippen LogP contribution in [-0.4, -0.2) is 54.0 Å². The SMILES string of the molecule is COc1ccc(-c2cc(C(=O)N3CCOCC3)n(-c3cccc(Cl)c3)n2)cc1. The maximum atomic E-state index is 13.2. The standard InChI is InChI=1S/C21H20ClN3O3/c1-27-18-7-5-15(6-8-18)19-14-20(21(26)24-9-11-28-12-10-24)25(23-19)17-4-2-3-16(22)13-17/h2-8,13-14H,9-12H2,1H3. The Kier molecular flexibility index (Phi) is 5.32. The molecule has 2 heterocycles. The fourth-order valence-electron chi connectivity index (χ4n) is 3.17. The molecule has 0 radical (unpaired) electrons. The molecule has 0 unspecified atom stereocenters. The van der Waals surface area contributed by atoms with Crippen LogP contribution in [0.15, 0.2) is 54.6 Å². The van der Waals surface area contributed by atoms with Gasteiger partial charge >= 0.3 is 0 Å². The van der Waals surface area contributed by atoms with E-state index in [0.717, 1.165) is 17.0 Å². The smallest absolute Gasteiger partial charge is 0.272 e. The monoisotopic (exact) mass is 397 g/mol. The summed E-state index contributed by atoms with van der Waals surface area (Å²) in [5, 5.41) is 5.29. The summed E-state index contributed by atoms with van der Waals surface area (Å²) in [7, 11) is 1.63. The van der Waals surface area contributed by atoms with E-state index < -0.39 is 0 Å². The molecule has 2 aromatic carbocycles. The van der Waals surface area contributed by atoms with Gasteiger partial charge in [0.05, 0.1) is 31.7 Å². The predicted molar refractivity (Wildman–Crippen MR) is 107 cm³/mol. The summed E-state index contributed by atoms with van der Waals surface area (Å²) in [5.41, 5.74) is 2.84. The van der Waals surface area contributed by atoms with Crippen LogP contribution in [-0.2, 0) is 4.74 Å². The van der Waals surface area contributed by atoms with Gasteiger partial charge in [-0.05, 0) is 48.5 Å². The minimum atomic E-state index is -0.0736. The lowest BCUT2D eigenvalue weighted by Gasteiger charge is -2.26. The van der Waals surface area contributed by atoms with Crippen LogP contribution >= 0.6 is 11.6 Å². The van der Waals surface area contributed by atoms with Crippen molar-refractivity contribution >= 4 is 17.5 Å². The van der Waals surface area contributed by atoms with Crippen LogP contribution in [0.2, 0.25) is 5.02 Å². The van der Waals surface area contributed by atoms with Gasteiger partial charge in [-0.1, -0.05) is 17.7 Å². The number of nitrogens with zero attached hydrogens (tertiary/aromatic N) is 3. The fraction of sp³-hybridized carbons (Fsp3) is 0.238. The molecule has 1 aliphatic rings. The second-order valence-electron chi connectivity index (χ2n) is 6.44. The quantitative estimate of drug-likeness (QED) is 0.674. The minimum Gasteiger partial charge on any atom is -0.497 e. The lowest BCUT2D eigenvalue weighted by Crippen LogP contribution is -2.41. The van der Waals surface area contributed by atoms with Crippen LogP contribution in [0.25, 0.3) is 16.9 Å². The first-order chi connectivity index (χ1) is 13.7. The van der Waals surface area contributed by atoms with E-state index in [9.17, 15) is 4.79 Å². The number of rotatable bonds is 4. The molecule has 1 aliphatic heterocycles. The zero-order valence-corrected chi connectivity index (χ0v) is 16.2. The lowest BCUT2D eigenvalue weighted by molar-refractivity contribution is 0.0297. The summed E-state index contributed by atoms with van der Waals surface area (Å²) in [6, 6.07) is 16.7. The summed E-state index contributed by atoms with van der Waals surface area (Å²) in [4.78, 5) is 15.0. The van der Waals surface area contributed by atoms with Crippen molar-refractivity contribution in [2.45, 2.75) is 0 Å². The molecule has 0 N–H and O–H groups in total. The third kappa shape index (κ3) is 3.74. The van der Waals surface area contributed by atoms with Crippen molar-refractivity contribution in [1.29, 1.82) is 0 Å². The number of hydrogen-bond donors (Lipinski definition) is 0. The highest BCUT2D eigenvalue weighted by molar-refractivity contribution is 6.30. The number of morpholine rings is 1. The normalized spacial score (nSPS) is 14.1. The molecule has 1 fully saturated rings. The van der Waals surface area contributed by atoms with Crippen molar-refractivity contribution in [3.8, 4) is 22.7 Å². The maximum Gasteiger partial charge on any atom is 0.272 e. The molecule has 4 rings (SSSR count). The molecule has 7 heteroatoms. The van der Waals surface area contributed by atoms with Crippen molar-refractivity contribution in [2.24, 2.45) is 0 Å². The summed E-state index contributed by atoms with van der Waals surface area (Å²) in [6.45, 7) is 2.22. The van der Waals surface area contributed by atoms with Gasteiger partial charge in [0.15, 0.2) is 0 Å². The van der Waals surface area contributed by atoms with Crippen LogP contribution < -0.4 is 4.74 Å². The number of halogens is 1. The Morgan fingerprint density at radius 2 is 1.86 bits per heavy atom. The third-order valence-corrected chi connectivity index (χ3v) is 4.90. The highest BCUT2D eigenvalue weighted by atomic mass is 35.5. The Balaban J connectivity index is 1.77. The van der Waals surface area contributed by atoms with Gasteiger partial charge in [0, 0.05) is 23.7 Å². The highest BCUT2D eigenvalue weighted by Gasteiger charge is 2.24. The molecule has 0 atom stereocenters. The van der Waals surface area contributed by atoms with Gasteiger partial charge in [0.2, 0.25) is 0 Å². The molecule has 28 heavy (non-hydrogen) atoms. The third-order valence-electron chi connectivity index (χ3n) is 4.67. The van der Waals surface area contributed by atoms with E-state index in [1.165, 1.54) is 0 Å². The average Bonchev–Trinajstić information content (AvgIpc) is 3.19. The van der Waals surface area contributed by atoms with Gasteiger partial charge in [0.25, 0.3) is 5.91 Å². The molecule has 6 nitrogen and oxygen atoms in total. The van der Waals surface area contributed by atoms with Gasteiger partial charge in [-0.15, -0.1) is 0 Å². The van der Waals surface area contributed by atoms with Crippen LogP contribution in [0.5, 0.6) is 5.75 Å². The second-order valence-corrected chi connectivity index (χ2v) is 6.88. The Labute approximate surface area is 168 Å². The summed E-state index contributed by atoms with van der Waals surface area (Å²) < 4.78 is 12.2. The topological polar surface area (TPSA) is 56.6 Å². The average molecular weight is 398 g/mol. The first-order valence-corrected chi connectivity index (χ1v) is 9.41. The first kappa shape index (κ1) is 18.5. The lowest BCUT2D eigenvalue weighted by atomic mass is 10.1. The van der Waals surface area contributed by atoms with E-state index in [1.54, 1.807) is 28.8 Å². The molecule has 1 aromatic heterocycles. The molecule has 0 saturated carbocycles. The van der Waals surface area contributed by atoms with Crippen molar-refractivity contribution in [1.82, 2.24) is 14.7 Å². The fourth-order valence-corrected chi connectivity index (χ4v) is 3.35. The molecule has 0 aliphatic carbocycles. The first-order valence-electron chi connectivity index (χ1n) is 9.03. The van der Waals surface area contributed by atoms with Gasteiger partial charge in [-0.2, -0.15) is 5.10 Å². The predicted octanol–water partition coefficient (Wildman–Crippen LogP) is 3.67. The molecule has 144 valence electrons. The van der Waals surface area contributed by atoms with E-state index in [-0.39, 0.29) is 5.91 Å². The van der Waals surface area contributed by atoms with Gasteiger partial charge in [-0.25, -0.2) is 4.68 Å². The molecular formula is C21H20ClN3O3. The van der Waals surface area contributed by atoms with E-state index in [1.807, 2.05) is 42.5 Å². The number of carbonyl (C=O) groups excluding carboxylic acids is 1. The van der Waals surface area contributed by atoms with E-state index in [2.05, 4.69) is 0 Å². The number of hydrogen-bond acceptors (Lipinski definition) is 4. The number of methoxy groups -OCH3 is 1. The van der Waals surface area contributed by atoms with Gasteiger partial charge in [0.1, 0.15) is 11.4 Å². The van der Waals surface area contributed by atoms with Crippen molar-refractivity contribution in [3.63, 3.8) is 0 Å². The highest BCUT2D eigenvalue weighted by Crippen LogP contribution is 2.26. The Morgan fingerprint density at radius 3 is 2.54 bits per heavy atom. The summed E-state index contributed by atoms with van der Waals surface area (Å²) in [6.07, 6.45) is 0. The van der Waals surface area contributed by atoms with Gasteiger partial charge < -0.3 is 14.4 Å². The van der Waals surface area contributed by atoms with Gasteiger partial charge in [-0.3, -0.25) is 4.79 Å². The molecule has 1 saturated heterocycles. The van der Waals surface area contributed by atoms with E-state index in [0.29, 0.717) is 42.7 Å². The molecular weight excluding hydrogens is 378 g/mol. The Morgan fingerprint density at radius 1 is 1.11 bits per heavy atom. The number of amides is 1. The number of carbonyl (C=O) groups is 1. The molecule has 0 spiro atoms. The zero-order valence-electron chi connectivity index (χ0n) is 15.5. The second kappa shape index (κ2) is 8.04. The molecule has 1 amide bonds. The Hall–Kier alpha value is -2.83. The zero-order chi connectivity index (χ0) is 19.5. The maximum absolute atomic E-state index is 13.2. The van der Waals surface area contributed by atoms with Crippen LogP contribution in [0, 0.1) is 0 Å². The Bertz CT molecular complexity index is 979. The summed E-state index contributed by atoms with van der Waals surface area (Å²) >= 11 is 6.17. The molecule has 3 aromatic rings.